The maximum Gasteiger partial charge on any atom is 0.277 e. The standard InChI is InChI=1S/C23H21N5O3/c1-14-3-4-16(12-24-14)22(29)27-10-9-19-18(13-27)23(30)28-21(25-19)11-20(26-28)15-5-7-17(31-2)8-6-15/h3-8,11-12,26H,9-10,13H2,1-2H3. The van der Waals surface area contributed by atoms with Crippen LogP contribution in [-0.4, -0.2) is 44.0 Å². The summed E-state index contributed by atoms with van der Waals surface area (Å²) < 4.78 is 6.65. The molecule has 0 spiro atoms. The number of aryl methyl sites for hydroxylation is 1. The molecule has 1 N–H and O–H groups in total. The molecular formula is C23H21N5O3. The molecule has 1 aliphatic rings. The fraction of sp³-hybridized carbons (Fsp3) is 0.217. The van der Waals surface area contributed by atoms with Crippen LogP contribution in [0.15, 0.2) is 53.5 Å². The van der Waals surface area contributed by atoms with Gasteiger partial charge in [-0.2, -0.15) is 0 Å². The number of benzene rings is 1. The van der Waals surface area contributed by atoms with E-state index in [1.165, 1.54) is 4.52 Å². The van der Waals surface area contributed by atoms with Crippen LogP contribution in [-0.2, 0) is 13.0 Å². The first-order valence-corrected chi connectivity index (χ1v) is 10.0. The number of ether oxygens (including phenoxy) is 1. The van der Waals surface area contributed by atoms with Crippen LogP contribution < -0.4 is 10.3 Å². The van der Waals surface area contributed by atoms with E-state index in [0.717, 1.165) is 28.4 Å². The first kappa shape index (κ1) is 19.0. The highest BCUT2D eigenvalue weighted by molar-refractivity contribution is 5.94. The number of carbonyl (C=O) groups is 1. The van der Waals surface area contributed by atoms with Crippen molar-refractivity contribution in [2.75, 3.05) is 13.7 Å². The molecule has 1 amide bonds. The van der Waals surface area contributed by atoms with E-state index in [4.69, 9.17) is 9.72 Å². The summed E-state index contributed by atoms with van der Waals surface area (Å²) in [5.41, 5.74) is 4.75. The molecule has 8 heteroatoms. The van der Waals surface area contributed by atoms with E-state index in [1.807, 2.05) is 43.3 Å². The van der Waals surface area contributed by atoms with Crippen molar-refractivity contribution in [1.29, 1.82) is 0 Å². The van der Waals surface area contributed by atoms with Crippen LogP contribution in [0.5, 0.6) is 5.75 Å². The molecule has 0 unspecified atom stereocenters. The zero-order valence-corrected chi connectivity index (χ0v) is 17.3. The van der Waals surface area contributed by atoms with Crippen molar-refractivity contribution in [3.63, 3.8) is 0 Å². The lowest BCUT2D eigenvalue weighted by Crippen LogP contribution is -2.40. The summed E-state index contributed by atoms with van der Waals surface area (Å²) in [6, 6.07) is 13.0. The highest BCUT2D eigenvalue weighted by atomic mass is 16.5. The zero-order chi connectivity index (χ0) is 21.5. The molecule has 31 heavy (non-hydrogen) atoms. The second-order valence-corrected chi connectivity index (χ2v) is 7.60. The molecule has 0 atom stereocenters. The molecule has 1 aromatic carbocycles. The van der Waals surface area contributed by atoms with Crippen molar-refractivity contribution in [2.24, 2.45) is 0 Å². The van der Waals surface area contributed by atoms with Gasteiger partial charge in [0.15, 0.2) is 5.65 Å². The Bertz CT molecular complexity index is 1340. The Kier molecular flexibility index (Phi) is 4.54. The van der Waals surface area contributed by atoms with Gasteiger partial charge in [-0.05, 0) is 48.9 Å². The van der Waals surface area contributed by atoms with Gasteiger partial charge in [-0.25, -0.2) is 9.50 Å². The van der Waals surface area contributed by atoms with Crippen molar-refractivity contribution >= 4 is 11.6 Å². The number of methoxy groups -OCH3 is 1. The van der Waals surface area contributed by atoms with Gasteiger partial charge in [0, 0.05) is 30.9 Å². The largest absolute Gasteiger partial charge is 0.497 e. The number of carbonyl (C=O) groups excluding carboxylic acids is 1. The lowest BCUT2D eigenvalue weighted by atomic mass is 10.1. The van der Waals surface area contributed by atoms with Crippen LogP contribution in [0.25, 0.3) is 16.9 Å². The average Bonchev–Trinajstić information content (AvgIpc) is 3.23. The number of aromatic nitrogens is 4. The second-order valence-electron chi connectivity index (χ2n) is 7.60. The van der Waals surface area contributed by atoms with Gasteiger partial charge in [-0.1, -0.05) is 0 Å². The van der Waals surface area contributed by atoms with Crippen molar-refractivity contribution < 1.29 is 9.53 Å². The van der Waals surface area contributed by atoms with Crippen LogP contribution in [0, 0.1) is 6.92 Å². The van der Waals surface area contributed by atoms with E-state index < -0.39 is 0 Å². The summed E-state index contributed by atoms with van der Waals surface area (Å²) in [5.74, 6) is 0.632. The number of hydrogen-bond donors (Lipinski definition) is 1. The predicted molar refractivity (Wildman–Crippen MR) is 115 cm³/mol. The van der Waals surface area contributed by atoms with Gasteiger partial charge in [-0.15, -0.1) is 0 Å². The molecule has 8 nitrogen and oxygen atoms in total. The van der Waals surface area contributed by atoms with Gasteiger partial charge in [0.2, 0.25) is 0 Å². The molecule has 4 aromatic rings. The minimum atomic E-state index is -0.181. The second kappa shape index (κ2) is 7.39. The maximum atomic E-state index is 13.2. The number of fused-ring (bicyclic) bond motifs is 2. The van der Waals surface area contributed by atoms with Gasteiger partial charge in [-0.3, -0.25) is 19.7 Å². The Labute approximate surface area is 178 Å². The van der Waals surface area contributed by atoms with Gasteiger partial charge in [0.1, 0.15) is 5.75 Å². The monoisotopic (exact) mass is 415 g/mol. The Hall–Kier alpha value is -3.94. The summed E-state index contributed by atoms with van der Waals surface area (Å²) in [6.45, 7) is 2.62. The molecule has 0 bridgehead atoms. The number of hydrogen-bond acceptors (Lipinski definition) is 5. The van der Waals surface area contributed by atoms with Crippen molar-refractivity contribution in [3.05, 3.63) is 81.5 Å². The number of rotatable bonds is 3. The number of nitrogens with zero attached hydrogens (tertiary/aromatic N) is 4. The smallest absolute Gasteiger partial charge is 0.277 e. The Morgan fingerprint density at radius 2 is 1.97 bits per heavy atom. The van der Waals surface area contributed by atoms with Crippen LogP contribution in [0.2, 0.25) is 0 Å². The molecule has 0 radical (unpaired) electrons. The molecule has 0 saturated carbocycles. The van der Waals surface area contributed by atoms with Gasteiger partial charge in [0.25, 0.3) is 11.5 Å². The minimum absolute atomic E-state index is 0.131. The van der Waals surface area contributed by atoms with E-state index in [0.29, 0.717) is 29.7 Å². The first-order valence-electron chi connectivity index (χ1n) is 10.0. The van der Waals surface area contributed by atoms with Crippen LogP contribution in [0.1, 0.15) is 27.3 Å². The number of pyridine rings is 1. The normalized spacial score (nSPS) is 13.3. The third-order valence-electron chi connectivity index (χ3n) is 5.61. The van der Waals surface area contributed by atoms with Crippen LogP contribution in [0.3, 0.4) is 0 Å². The molecule has 0 saturated heterocycles. The third-order valence-corrected chi connectivity index (χ3v) is 5.61. The van der Waals surface area contributed by atoms with Gasteiger partial charge >= 0.3 is 0 Å². The topological polar surface area (TPSA) is 92.6 Å². The summed E-state index contributed by atoms with van der Waals surface area (Å²) in [7, 11) is 1.62. The molecule has 156 valence electrons. The van der Waals surface area contributed by atoms with E-state index in [1.54, 1.807) is 24.3 Å². The minimum Gasteiger partial charge on any atom is -0.497 e. The van der Waals surface area contributed by atoms with Gasteiger partial charge in [0.05, 0.1) is 36.2 Å². The van der Waals surface area contributed by atoms with Gasteiger partial charge < -0.3 is 9.64 Å². The van der Waals surface area contributed by atoms with E-state index >= 15 is 0 Å². The van der Waals surface area contributed by atoms with Crippen LogP contribution >= 0.6 is 0 Å². The summed E-state index contributed by atoms with van der Waals surface area (Å²) in [5, 5.41) is 3.14. The van der Waals surface area contributed by atoms with Crippen LogP contribution in [0.4, 0.5) is 0 Å². The number of nitrogens with one attached hydrogen (secondary N) is 1. The Morgan fingerprint density at radius 1 is 1.16 bits per heavy atom. The lowest BCUT2D eigenvalue weighted by molar-refractivity contribution is 0.0732. The number of H-pyrrole nitrogens is 1. The summed E-state index contributed by atoms with van der Waals surface area (Å²) in [6.07, 6.45) is 2.11. The SMILES string of the molecule is COc1ccc(-c2cc3nc4c(c(=O)n3[nH]2)CN(C(=O)c2ccc(C)nc2)CC4)cc1. The molecule has 5 rings (SSSR count). The fourth-order valence-corrected chi connectivity index (χ4v) is 3.85. The van der Waals surface area contributed by atoms with E-state index in [-0.39, 0.29) is 18.0 Å². The van der Waals surface area contributed by atoms with E-state index in [2.05, 4.69) is 10.1 Å². The average molecular weight is 415 g/mol. The zero-order valence-electron chi connectivity index (χ0n) is 17.3. The van der Waals surface area contributed by atoms with E-state index in [9.17, 15) is 9.59 Å². The molecular weight excluding hydrogens is 394 g/mol. The molecule has 0 fully saturated rings. The summed E-state index contributed by atoms with van der Waals surface area (Å²) >= 11 is 0. The van der Waals surface area contributed by atoms with Crippen molar-refractivity contribution in [2.45, 2.75) is 19.9 Å². The fourth-order valence-electron chi connectivity index (χ4n) is 3.85. The Morgan fingerprint density at radius 3 is 2.68 bits per heavy atom. The molecule has 3 aromatic heterocycles. The maximum absolute atomic E-state index is 13.2. The highest BCUT2D eigenvalue weighted by Crippen LogP contribution is 2.23. The lowest BCUT2D eigenvalue weighted by Gasteiger charge is -2.27. The molecule has 4 heterocycles. The quantitative estimate of drug-likeness (QED) is 0.555. The predicted octanol–water partition coefficient (Wildman–Crippen LogP) is 2.60. The van der Waals surface area contributed by atoms with Crippen molar-refractivity contribution in [3.8, 4) is 17.0 Å². The number of amides is 1. The van der Waals surface area contributed by atoms with Crippen molar-refractivity contribution in [1.82, 2.24) is 24.5 Å². The summed E-state index contributed by atoms with van der Waals surface area (Å²) in [4.78, 5) is 36.6. The Balaban J connectivity index is 1.48. The molecule has 0 aliphatic carbocycles. The molecule has 1 aliphatic heterocycles. The highest BCUT2D eigenvalue weighted by Gasteiger charge is 2.26. The first-order chi connectivity index (χ1) is 15.0. The number of aromatic amines is 1. The third kappa shape index (κ3) is 3.35.